The Labute approximate surface area is 151 Å². The van der Waals surface area contributed by atoms with Gasteiger partial charge < -0.3 is 4.74 Å². The van der Waals surface area contributed by atoms with Crippen molar-refractivity contribution >= 4 is 22.4 Å². The summed E-state index contributed by atoms with van der Waals surface area (Å²) in [6.45, 7) is 4.69. The Morgan fingerprint density at radius 3 is 2.44 bits per heavy atom. The zero-order valence-electron chi connectivity index (χ0n) is 14.3. The molecule has 5 heteroatoms. The van der Waals surface area contributed by atoms with Gasteiger partial charge in [0.25, 0.3) is 5.91 Å². The number of ether oxygens (including phenoxy) is 1. The minimum atomic E-state index is -0.143. The van der Waals surface area contributed by atoms with Crippen LogP contribution in [-0.2, 0) is 6.42 Å². The number of amides is 1. The number of aryl methyl sites for hydroxylation is 1. The molecule has 128 valence electrons. The summed E-state index contributed by atoms with van der Waals surface area (Å²) in [6, 6.07) is 15.4. The van der Waals surface area contributed by atoms with Crippen LogP contribution < -0.4 is 10.1 Å². The minimum Gasteiger partial charge on any atom is -0.494 e. The predicted molar refractivity (Wildman–Crippen MR) is 102 cm³/mol. The van der Waals surface area contributed by atoms with E-state index in [1.54, 1.807) is 0 Å². The molecule has 0 aliphatic rings. The number of rotatable bonds is 6. The van der Waals surface area contributed by atoms with E-state index >= 15 is 0 Å². The average molecular weight is 352 g/mol. The third kappa shape index (κ3) is 4.25. The van der Waals surface area contributed by atoms with Gasteiger partial charge in [-0.2, -0.15) is 0 Å². The Kier molecular flexibility index (Phi) is 5.46. The molecule has 0 saturated carbocycles. The van der Waals surface area contributed by atoms with E-state index in [0.717, 1.165) is 23.4 Å². The van der Waals surface area contributed by atoms with Gasteiger partial charge in [0.05, 0.1) is 12.3 Å². The number of carbonyl (C=O) groups is 1. The number of hydrogen-bond acceptors (Lipinski definition) is 4. The van der Waals surface area contributed by atoms with E-state index in [9.17, 15) is 4.79 Å². The molecule has 0 aliphatic heterocycles. The van der Waals surface area contributed by atoms with E-state index < -0.39 is 0 Å². The molecule has 4 nitrogen and oxygen atoms in total. The molecule has 0 aliphatic carbocycles. The highest BCUT2D eigenvalue weighted by molar-refractivity contribution is 7.14. The summed E-state index contributed by atoms with van der Waals surface area (Å²) in [7, 11) is 0. The van der Waals surface area contributed by atoms with E-state index in [4.69, 9.17) is 4.74 Å². The van der Waals surface area contributed by atoms with Crippen molar-refractivity contribution in [1.29, 1.82) is 0 Å². The van der Waals surface area contributed by atoms with Gasteiger partial charge in [-0.3, -0.25) is 10.1 Å². The van der Waals surface area contributed by atoms with Gasteiger partial charge in [0.2, 0.25) is 0 Å². The molecule has 0 spiro atoms. The standard InChI is InChI=1S/C20H20N2O2S/c1-3-14-5-7-16(8-6-14)19(23)22-20-21-18(13-25-20)15-9-11-17(12-10-15)24-4-2/h5-13H,3-4H2,1-2H3,(H,21,22,23). The first-order chi connectivity index (χ1) is 12.2. The Bertz CT molecular complexity index is 839. The molecule has 0 bridgehead atoms. The maximum atomic E-state index is 12.3. The molecular formula is C20H20N2O2S. The lowest BCUT2D eigenvalue weighted by molar-refractivity contribution is 0.102. The van der Waals surface area contributed by atoms with Crippen LogP contribution in [0.15, 0.2) is 53.9 Å². The zero-order valence-corrected chi connectivity index (χ0v) is 15.1. The Hall–Kier alpha value is -2.66. The number of thiazole rings is 1. The second-order valence-corrected chi connectivity index (χ2v) is 6.36. The average Bonchev–Trinajstić information content (AvgIpc) is 3.11. The Balaban J connectivity index is 1.69. The van der Waals surface area contributed by atoms with Gasteiger partial charge >= 0.3 is 0 Å². The highest BCUT2D eigenvalue weighted by Gasteiger charge is 2.10. The molecule has 2 aromatic carbocycles. The van der Waals surface area contributed by atoms with Crippen LogP contribution in [0.25, 0.3) is 11.3 Å². The molecule has 1 aromatic heterocycles. The van der Waals surface area contributed by atoms with Gasteiger partial charge in [0.15, 0.2) is 5.13 Å². The van der Waals surface area contributed by atoms with Crippen molar-refractivity contribution in [3.8, 4) is 17.0 Å². The van der Waals surface area contributed by atoms with Crippen LogP contribution in [-0.4, -0.2) is 17.5 Å². The number of anilines is 1. The Morgan fingerprint density at radius 2 is 1.80 bits per heavy atom. The summed E-state index contributed by atoms with van der Waals surface area (Å²) in [5.41, 5.74) is 3.68. The molecule has 0 atom stereocenters. The minimum absolute atomic E-state index is 0.143. The fraction of sp³-hybridized carbons (Fsp3) is 0.200. The number of nitrogens with one attached hydrogen (secondary N) is 1. The highest BCUT2D eigenvalue weighted by Crippen LogP contribution is 2.26. The van der Waals surface area contributed by atoms with Gasteiger partial charge in [0, 0.05) is 16.5 Å². The summed E-state index contributed by atoms with van der Waals surface area (Å²) < 4.78 is 5.45. The summed E-state index contributed by atoms with van der Waals surface area (Å²) in [6.07, 6.45) is 0.958. The van der Waals surface area contributed by atoms with Crippen molar-refractivity contribution in [3.63, 3.8) is 0 Å². The topological polar surface area (TPSA) is 51.2 Å². The first kappa shape index (κ1) is 17.2. The van der Waals surface area contributed by atoms with Crippen LogP contribution in [0.1, 0.15) is 29.8 Å². The molecule has 0 unspecified atom stereocenters. The normalized spacial score (nSPS) is 10.5. The third-order valence-corrected chi connectivity index (χ3v) is 4.57. The molecule has 1 amide bonds. The predicted octanol–water partition coefficient (Wildman–Crippen LogP) is 5.02. The summed E-state index contributed by atoms with van der Waals surface area (Å²) in [5.74, 6) is 0.695. The van der Waals surface area contributed by atoms with Crippen LogP contribution in [0.4, 0.5) is 5.13 Å². The van der Waals surface area contributed by atoms with Gasteiger partial charge in [-0.05, 0) is 55.3 Å². The van der Waals surface area contributed by atoms with Crippen LogP contribution in [0.5, 0.6) is 5.75 Å². The van der Waals surface area contributed by atoms with Crippen molar-refractivity contribution in [3.05, 3.63) is 65.0 Å². The number of benzene rings is 2. The molecular weight excluding hydrogens is 332 g/mol. The first-order valence-electron chi connectivity index (χ1n) is 8.28. The monoisotopic (exact) mass is 352 g/mol. The lowest BCUT2D eigenvalue weighted by Crippen LogP contribution is -2.11. The third-order valence-electron chi connectivity index (χ3n) is 3.81. The largest absolute Gasteiger partial charge is 0.494 e. The van der Waals surface area contributed by atoms with Gasteiger partial charge in [-0.25, -0.2) is 4.98 Å². The van der Waals surface area contributed by atoms with Crippen LogP contribution in [0.3, 0.4) is 0 Å². The van der Waals surface area contributed by atoms with E-state index in [-0.39, 0.29) is 5.91 Å². The van der Waals surface area contributed by atoms with Gasteiger partial charge in [-0.1, -0.05) is 19.1 Å². The molecule has 25 heavy (non-hydrogen) atoms. The molecule has 1 heterocycles. The van der Waals surface area contributed by atoms with Gasteiger partial charge in [0.1, 0.15) is 5.75 Å². The maximum absolute atomic E-state index is 12.3. The fourth-order valence-corrected chi connectivity index (χ4v) is 3.13. The first-order valence-corrected chi connectivity index (χ1v) is 9.16. The van der Waals surface area contributed by atoms with E-state index in [1.165, 1.54) is 16.9 Å². The molecule has 3 rings (SSSR count). The highest BCUT2D eigenvalue weighted by atomic mass is 32.1. The molecule has 3 aromatic rings. The van der Waals surface area contributed by atoms with Crippen molar-refractivity contribution in [2.45, 2.75) is 20.3 Å². The van der Waals surface area contributed by atoms with Gasteiger partial charge in [-0.15, -0.1) is 11.3 Å². The lowest BCUT2D eigenvalue weighted by Gasteiger charge is -2.04. The van der Waals surface area contributed by atoms with Crippen molar-refractivity contribution in [2.24, 2.45) is 0 Å². The summed E-state index contributed by atoms with van der Waals surface area (Å²) in [4.78, 5) is 16.8. The number of hydrogen-bond donors (Lipinski definition) is 1. The smallest absolute Gasteiger partial charge is 0.257 e. The maximum Gasteiger partial charge on any atom is 0.257 e. The SMILES string of the molecule is CCOc1ccc(-c2csc(NC(=O)c3ccc(CC)cc3)n2)cc1. The molecule has 0 radical (unpaired) electrons. The second kappa shape index (κ2) is 7.94. The van der Waals surface area contributed by atoms with Crippen molar-refractivity contribution in [1.82, 2.24) is 4.98 Å². The lowest BCUT2D eigenvalue weighted by atomic mass is 10.1. The van der Waals surface area contributed by atoms with Crippen molar-refractivity contribution in [2.75, 3.05) is 11.9 Å². The van der Waals surface area contributed by atoms with E-state index in [0.29, 0.717) is 17.3 Å². The molecule has 0 saturated heterocycles. The Morgan fingerprint density at radius 1 is 1.08 bits per heavy atom. The van der Waals surface area contributed by atoms with Crippen LogP contribution in [0, 0.1) is 0 Å². The van der Waals surface area contributed by atoms with E-state index in [2.05, 4.69) is 17.2 Å². The van der Waals surface area contributed by atoms with Crippen molar-refractivity contribution < 1.29 is 9.53 Å². The summed E-state index contributed by atoms with van der Waals surface area (Å²) >= 11 is 1.42. The van der Waals surface area contributed by atoms with Crippen LogP contribution in [0.2, 0.25) is 0 Å². The quantitative estimate of drug-likeness (QED) is 0.677. The fourth-order valence-electron chi connectivity index (χ4n) is 2.41. The molecule has 1 N–H and O–H groups in total. The number of carbonyl (C=O) groups excluding carboxylic acids is 1. The van der Waals surface area contributed by atoms with Crippen LogP contribution >= 0.6 is 11.3 Å². The zero-order chi connectivity index (χ0) is 17.6. The summed E-state index contributed by atoms with van der Waals surface area (Å²) in [5, 5.41) is 5.39. The number of nitrogens with zero attached hydrogens (tertiary/aromatic N) is 1. The second-order valence-electron chi connectivity index (χ2n) is 5.50. The number of aromatic nitrogens is 1. The van der Waals surface area contributed by atoms with E-state index in [1.807, 2.05) is 60.8 Å². The molecule has 0 fully saturated rings.